The van der Waals surface area contributed by atoms with Crippen LogP contribution in [0.5, 0.6) is 0 Å². The van der Waals surface area contributed by atoms with Crippen molar-refractivity contribution in [3.05, 3.63) is 28.5 Å². The molecule has 0 saturated carbocycles. The highest BCUT2D eigenvalue weighted by Gasteiger charge is 2.24. The van der Waals surface area contributed by atoms with Crippen molar-refractivity contribution in [1.29, 1.82) is 0 Å². The van der Waals surface area contributed by atoms with Crippen LogP contribution in [0, 0.1) is 5.82 Å². The van der Waals surface area contributed by atoms with Gasteiger partial charge in [-0.25, -0.2) is 12.8 Å². The van der Waals surface area contributed by atoms with E-state index in [9.17, 15) is 17.6 Å². The minimum atomic E-state index is -4.31. The highest BCUT2D eigenvalue weighted by atomic mass is 35.7. The van der Waals surface area contributed by atoms with Crippen LogP contribution in [0.1, 0.15) is 30.6 Å². The highest BCUT2D eigenvalue weighted by molar-refractivity contribution is 8.13. The van der Waals surface area contributed by atoms with Crippen molar-refractivity contribution in [3.8, 4) is 0 Å². The van der Waals surface area contributed by atoms with Crippen molar-refractivity contribution in [1.82, 2.24) is 5.32 Å². The zero-order chi connectivity index (χ0) is 14.8. The lowest BCUT2D eigenvalue weighted by Crippen LogP contribution is -2.32. The van der Waals surface area contributed by atoms with Crippen LogP contribution in [0.4, 0.5) is 4.39 Å². The summed E-state index contributed by atoms with van der Waals surface area (Å²) < 4.78 is 36.4. The topological polar surface area (TPSA) is 63.2 Å². The molecule has 0 spiro atoms. The summed E-state index contributed by atoms with van der Waals surface area (Å²) in [7, 11) is 0.774. The van der Waals surface area contributed by atoms with Crippen molar-refractivity contribution >= 4 is 37.2 Å². The molecule has 1 aromatic rings. The SMILES string of the molecule is CCC(C)NC(=O)c1cc(Cl)cc(S(=O)(=O)Cl)c1F. The first-order valence-electron chi connectivity index (χ1n) is 5.41. The Morgan fingerprint density at radius 2 is 2.05 bits per heavy atom. The van der Waals surface area contributed by atoms with Gasteiger partial charge < -0.3 is 5.32 Å². The molecule has 0 bridgehead atoms. The monoisotopic (exact) mass is 327 g/mol. The zero-order valence-electron chi connectivity index (χ0n) is 10.2. The number of hydrogen-bond acceptors (Lipinski definition) is 3. The molecule has 1 N–H and O–H groups in total. The van der Waals surface area contributed by atoms with E-state index in [2.05, 4.69) is 5.32 Å². The smallest absolute Gasteiger partial charge is 0.264 e. The van der Waals surface area contributed by atoms with Crippen molar-refractivity contribution in [2.75, 3.05) is 0 Å². The summed E-state index contributed by atoms with van der Waals surface area (Å²) in [4.78, 5) is 11.0. The van der Waals surface area contributed by atoms with E-state index in [1.165, 1.54) is 0 Å². The van der Waals surface area contributed by atoms with Gasteiger partial charge in [0, 0.05) is 21.7 Å². The molecule has 1 aromatic carbocycles. The van der Waals surface area contributed by atoms with Gasteiger partial charge in [-0.05, 0) is 25.5 Å². The molecule has 4 nitrogen and oxygen atoms in total. The largest absolute Gasteiger partial charge is 0.350 e. The van der Waals surface area contributed by atoms with E-state index < -0.39 is 31.2 Å². The first-order chi connectivity index (χ1) is 8.66. The van der Waals surface area contributed by atoms with E-state index in [-0.39, 0.29) is 11.1 Å². The van der Waals surface area contributed by atoms with Gasteiger partial charge in [0.05, 0.1) is 5.56 Å². The third-order valence-corrected chi connectivity index (χ3v) is 4.04. The molecule has 0 aliphatic carbocycles. The summed E-state index contributed by atoms with van der Waals surface area (Å²) in [5, 5.41) is 2.43. The summed E-state index contributed by atoms with van der Waals surface area (Å²) in [5.74, 6) is -1.95. The van der Waals surface area contributed by atoms with E-state index in [0.29, 0.717) is 6.42 Å². The zero-order valence-corrected chi connectivity index (χ0v) is 12.5. The fourth-order valence-corrected chi connectivity index (χ4v) is 2.52. The molecular weight excluding hydrogens is 316 g/mol. The van der Waals surface area contributed by atoms with Gasteiger partial charge in [0.1, 0.15) is 4.90 Å². The molecule has 0 aromatic heterocycles. The number of rotatable bonds is 4. The van der Waals surface area contributed by atoms with E-state index >= 15 is 0 Å². The average Bonchev–Trinajstić information content (AvgIpc) is 2.29. The standard InChI is InChI=1S/C11H12Cl2FNO3S/c1-3-6(2)15-11(16)8-4-7(12)5-9(10(8)14)19(13,17)18/h4-6H,3H2,1-2H3,(H,15,16). The molecule has 0 heterocycles. The second kappa shape index (κ2) is 6.07. The first-order valence-corrected chi connectivity index (χ1v) is 8.10. The molecule has 0 fully saturated rings. The minimum Gasteiger partial charge on any atom is -0.350 e. The number of amides is 1. The number of hydrogen-bond donors (Lipinski definition) is 1. The minimum absolute atomic E-state index is 0.0880. The summed E-state index contributed by atoms with van der Waals surface area (Å²) in [6.07, 6.45) is 0.647. The lowest BCUT2D eigenvalue weighted by molar-refractivity contribution is 0.0934. The second-order valence-electron chi connectivity index (χ2n) is 3.99. The van der Waals surface area contributed by atoms with Crippen LogP contribution in [0.15, 0.2) is 17.0 Å². The predicted octanol–water partition coefficient (Wildman–Crippen LogP) is 2.93. The summed E-state index contributed by atoms with van der Waals surface area (Å²) in [6, 6.07) is 1.74. The Morgan fingerprint density at radius 3 is 2.53 bits per heavy atom. The Hall–Kier alpha value is -0.850. The number of carbonyl (C=O) groups excluding carboxylic acids is 1. The Morgan fingerprint density at radius 1 is 1.47 bits per heavy atom. The third-order valence-electron chi connectivity index (χ3n) is 2.50. The van der Waals surface area contributed by atoms with Crippen LogP contribution in [-0.4, -0.2) is 20.4 Å². The molecule has 106 valence electrons. The molecule has 0 saturated heterocycles. The maximum atomic E-state index is 14.0. The molecule has 19 heavy (non-hydrogen) atoms. The van der Waals surface area contributed by atoms with Gasteiger partial charge in [0.25, 0.3) is 15.0 Å². The van der Waals surface area contributed by atoms with Crippen molar-refractivity contribution in [2.24, 2.45) is 0 Å². The summed E-state index contributed by atoms with van der Waals surface area (Å²) in [6.45, 7) is 3.58. The lowest BCUT2D eigenvalue weighted by atomic mass is 10.1. The normalized spacial score (nSPS) is 13.1. The molecule has 1 amide bonds. The van der Waals surface area contributed by atoms with Crippen LogP contribution in [0.3, 0.4) is 0 Å². The van der Waals surface area contributed by atoms with Crippen LogP contribution in [0.2, 0.25) is 5.02 Å². The van der Waals surface area contributed by atoms with Crippen molar-refractivity contribution in [2.45, 2.75) is 31.2 Å². The Kier molecular flexibility index (Phi) is 5.18. The van der Waals surface area contributed by atoms with Gasteiger partial charge in [-0.3, -0.25) is 4.79 Å². The Balaban J connectivity index is 3.30. The van der Waals surface area contributed by atoms with Crippen LogP contribution in [-0.2, 0) is 9.05 Å². The summed E-state index contributed by atoms with van der Waals surface area (Å²) >= 11 is 5.67. The number of nitrogens with one attached hydrogen (secondary N) is 1. The van der Waals surface area contributed by atoms with Gasteiger partial charge in [0.15, 0.2) is 5.82 Å². The molecule has 1 atom stereocenters. The number of halogens is 3. The fourth-order valence-electron chi connectivity index (χ4n) is 1.31. The fraction of sp³-hybridized carbons (Fsp3) is 0.364. The predicted molar refractivity (Wildman–Crippen MR) is 71.7 cm³/mol. The highest BCUT2D eigenvalue weighted by Crippen LogP contribution is 2.26. The van der Waals surface area contributed by atoms with Crippen molar-refractivity contribution in [3.63, 3.8) is 0 Å². The number of carbonyl (C=O) groups is 1. The molecule has 0 aliphatic heterocycles. The van der Waals surface area contributed by atoms with E-state index in [0.717, 1.165) is 12.1 Å². The van der Waals surface area contributed by atoms with Crippen LogP contribution in [0.25, 0.3) is 0 Å². The van der Waals surface area contributed by atoms with E-state index in [4.69, 9.17) is 22.3 Å². The van der Waals surface area contributed by atoms with E-state index in [1.807, 2.05) is 6.92 Å². The van der Waals surface area contributed by atoms with Gasteiger partial charge in [0.2, 0.25) is 0 Å². The van der Waals surface area contributed by atoms with E-state index in [1.54, 1.807) is 6.92 Å². The second-order valence-corrected chi connectivity index (χ2v) is 6.96. The van der Waals surface area contributed by atoms with Gasteiger partial charge in [-0.1, -0.05) is 18.5 Å². The molecule has 1 unspecified atom stereocenters. The quantitative estimate of drug-likeness (QED) is 0.865. The molecular formula is C11H12Cl2FNO3S. The van der Waals surface area contributed by atoms with Gasteiger partial charge >= 0.3 is 0 Å². The Bertz CT molecular complexity index is 604. The number of benzene rings is 1. The summed E-state index contributed by atoms with van der Waals surface area (Å²) in [5.41, 5.74) is -0.452. The first kappa shape index (κ1) is 16.2. The van der Waals surface area contributed by atoms with Gasteiger partial charge in [-0.2, -0.15) is 0 Å². The maximum Gasteiger partial charge on any atom is 0.264 e. The average molecular weight is 328 g/mol. The third kappa shape index (κ3) is 4.06. The molecule has 1 rings (SSSR count). The molecule has 0 aliphatic rings. The molecule has 0 radical (unpaired) electrons. The van der Waals surface area contributed by atoms with Gasteiger partial charge in [-0.15, -0.1) is 0 Å². The van der Waals surface area contributed by atoms with Crippen LogP contribution >= 0.6 is 22.3 Å². The lowest BCUT2D eigenvalue weighted by Gasteiger charge is -2.13. The molecule has 8 heteroatoms. The van der Waals surface area contributed by atoms with Crippen molar-refractivity contribution < 1.29 is 17.6 Å². The Labute approximate surface area is 120 Å². The van der Waals surface area contributed by atoms with Crippen LogP contribution < -0.4 is 5.32 Å². The maximum absolute atomic E-state index is 14.0.